The van der Waals surface area contributed by atoms with Crippen LogP contribution in [0.25, 0.3) is 0 Å². The molecule has 2 rings (SSSR count). The normalized spacial score (nSPS) is 37.8. The smallest absolute Gasteiger partial charge is 0.268 e. The summed E-state index contributed by atoms with van der Waals surface area (Å²) >= 11 is 0. The van der Waals surface area contributed by atoms with Crippen molar-refractivity contribution in [3.05, 3.63) is 24.3 Å². The first-order valence-corrected chi connectivity index (χ1v) is 9.37. The van der Waals surface area contributed by atoms with Crippen LogP contribution in [0.2, 0.25) is 11.6 Å². The Morgan fingerprint density at radius 1 is 1.18 bits per heavy atom. The summed E-state index contributed by atoms with van der Waals surface area (Å²) in [6.07, 6.45) is 10.2. The van der Waals surface area contributed by atoms with Crippen molar-refractivity contribution in [3.8, 4) is 0 Å². The minimum absolute atomic E-state index is 0.0539. The fraction of sp³-hybridized carbons (Fsp3) is 0.733. The van der Waals surface area contributed by atoms with Gasteiger partial charge in [-0.15, -0.1) is 0 Å². The summed E-state index contributed by atoms with van der Waals surface area (Å²) in [5.41, 5.74) is 0. The van der Waals surface area contributed by atoms with E-state index in [-0.39, 0.29) is 30.1 Å². The first-order valence-electron chi connectivity index (χ1n) is 7.91. The van der Waals surface area contributed by atoms with Crippen LogP contribution in [0, 0.1) is 11.8 Å². The monoisotopic (exact) mass is 319 g/mol. The SMILES string of the molecule is [B]C1C=CC(COP(=O)([O-])OC2CC([B])C=CC2CC)CC1. The summed E-state index contributed by atoms with van der Waals surface area (Å²) < 4.78 is 22.4. The molecule has 2 aliphatic rings. The molecule has 0 N–H and O–H groups in total. The molecule has 4 radical (unpaired) electrons. The molecule has 118 valence electrons. The lowest BCUT2D eigenvalue weighted by atomic mass is 9.75. The van der Waals surface area contributed by atoms with Crippen molar-refractivity contribution < 1.29 is 18.5 Å². The van der Waals surface area contributed by atoms with Gasteiger partial charge in [0, 0.05) is 11.8 Å². The highest BCUT2D eigenvalue weighted by Crippen LogP contribution is 2.45. The predicted octanol–water partition coefficient (Wildman–Crippen LogP) is 2.72. The molecule has 7 heteroatoms. The molecule has 0 spiro atoms. The Morgan fingerprint density at radius 3 is 2.55 bits per heavy atom. The van der Waals surface area contributed by atoms with E-state index >= 15 is 0 Å². The molecule has 0 aromatic rings. The summed E-state index contributed by atoms with van der Waals surface area (Å²) in [4.78, 5) is 12.0. The summed E-state index contributed by atoms with van der Waals surface area (Å²) in [5, 5.41) is 0. The molecule has 0 aromatic heterocycles. The second-order valence-electron chi connectivity index (χ2n) is 6.13. The number of rotatable bonds is 6. The Labute approximate surface area is 135 Å². The van der Waals surface area contributed by atoms with Gasteiger partial charge in [0.05, 0.1) is 28.4 Å². The fourth-order valence-corrected chi connectivity index (χ4v) is 3.88. The van der Waals surface area contributed by atoms with Gasteiger partial charge in [-0.1, -0.05) is 49.3 Å². The van der Waals surface area contributed by atoms with Crippen LogP contribution in [-0.2, 0) is 13.6 Å². The zero-order chi connectivity index (χ0) is 16.2. The van der Waals surface area contributed by atoms with E-state index in [0.29, 0.717) is 6.42 Å². The van der Waals surface area contributed by atoms with Crippen molar-refractivity contribution in [1.82, 2.24) is 0 Å². The summed E-state index contributed by atoms with van der Waals surface area (Å²) in [5.74, 6) is 0.0161. The van der Waals surface area contributed by atoms with E-state index in [9.17, 15) is 9.46 Å². The molecule has 0 heterocycles. The molecular formula is C15H22B2O4P-. The fourth-order valence-electron chi connectivity index (χ4n) is 2.87. The third-order valence-corrected chi connectivity index (χ3v) is 5.27. The second kappa shape index (κ2) is 8.01. The van der Waals surface area contributed by atoms with E-state index in [1.165, 1.54) is 0 Å². The van der Waals surface area contributed by atoms with E-state index < -0.39 is 13.9 Å². The van der Waals surface area contributed by atoms with Crippen molar-refractivity contribution in [2.45, 2.75) is 50.3 Å². The van der Waals surface area contributed by atoms with Crippen LogP contribution in [0.15, 0.2) is 24.3 Å². The zero-order valence-electron chi connectivity index (χ0n) is 13.0. The minimum Gasteiger partial charge on any atom is -0.756 e. The van der Waals surface area contributed by atoms with Crippen molar-refractivity contribution in [2.75, 3.05) is 6.61 Å². The highest BCUT2D eigenvalue weighted by atomic mass is 31.2. The van der Waals surface area contributed by atoms with Gasteiger partial charge in [0.15, 0.2) is 0 Å². The molecule has 0 bridgehead atoms. The summed E-state index contributed by atoms with van der Waals surface area (Å²) in [6, 6.07) is 0. The highest BCUT2D eigenvalue weighted by molar-refractivity contribution is 7.45. The average molecular weight is 319 g/mol. The standard InChI is InChI=1S/C15H23B2O4P/c1-2-12-5-8-14(17)9-15(12)21-22(18,19)20-10-11-3-6-13(16)7-4-11/h3,5-6,8,11-15H,2,4,7,9-10H2,1H3,(H,18,19)/p-1. The maximum absolute atomic E-state index is 12.0. The number of hydrogen-bond acceptors (Lipinski definition) is 4. The number of allylic oxidation sites excluding steroid dienone is 2. The molecule has 0 saturated carbocycles. The lowest BCUT2D eigenvalue weighted by molar-refractivity contribution is -0.232. The van der Waals surface area contributed by atoms with Crippen molar-refractivity contribution in [1.29, 1.82) is 0 Å². The van der Waals surface area contributed by atoms with Crippen LogP contribution in [0.5, 0.6) is 0 Å². The number of phosphoric acid groups is 1. The quantitative estimate of drug-likeness (QED) is 0.429. The third-order valence-electron chi connectivity index (χ3n) is 4.27. The maximum atomic E-state index is 12.0. The average Bonchev–Trinajstić information content (AvgIpc) is 2.46. The van der Waals surface area contributed by atoms with Crippen LogP contribution < -0.4 is 4.89 Å². The van der Waals surface area contributed by atoms with Crippen LogP contribution in [0.1, 0.15) is 32.6 Å². The van der Waals surface area contributed by atoms with Crippen LogP contribution in [0.4, 0.5) is 0 Å². The van der Waals surface area contributed by atoms with Gasteiger partial charge in [0.25, 0.3) is 7.82 Å². The number of hydrogen-bond donors (Lipinski definition) is 0. The molecule has 6 atom stereocenters. The van der Waals surface area contributed by atoms with E-state index in [4.69, 9.17) is 24.7 Å². The van der Waals surface area contributed by atoms with Gasteiger partial charge in [-0.25, -0.2) is 0 Å². The van der Waals surface area contributed by atoms with E-state index in [1.54, 1.807) is 0 Å². The lowest BCUT2D eigenvalue weighted by Gasteiger charge is -2.35. The molecule has 0 fully saturated rings. The molecule has 2 aliphatic carbocycles. The van der Waals surface area contributed by atoms with Crippen LogP contribution in [-0.4, -0.2) is 28.4 Å². The van der Waals surface area contributed by atoms with Crippen molar-refractivity contribution in [3.63, 3.8) is 0 Å². The van der Waals surface area contributed by atoms with Crippen LogP contribution in [0.3, 0.4) is 0 Å². The van der Waals surface area contributed by atoms with Crippen molar-refractivity contribution >= 4 is 23.5 Å². The van der Waals surface area contributed by atoms with E-state index in [2.05, 4.69) is 0 Å². The summed E-state index contributed by atoms with van der Waals surface area (Å²) in [6.45, 7) is 2.10. The highest BCUT2D eigenvalue weighted by Gasteiger charge is 2.28. The van der Waals surface area contributed by atoms with Gasteiger partial charge >= 0.3 is 0 Å². The van der Waals surface area contributed by atoms with Gasteiger partial charge in [-0.05, 0) is 19.3 Å². The lowest BCUT2D eigenvalue weighted by Crippen LogP contribution is -2.28. The first kappa shape index (κ1) is 18.1. The van der Waals surface area contributed by atoms with Crippen LogP contribution >= 0.6 is 7.82 Å². The molecule has 0 aromatic carbocycles. The Morgan fingerprint density at radius 2 is 1.91 bits per heavy atom. The van der Waals surface area contributed by atoms with Gasteiger partial charge < -0.3 is 13.9 Å². The van der Waals surface area contributed by atoms with Gasteiger partial charge in [-0.3, -0.25) is 4.57 Å². The Bertz CT molecular complexity index is 468. The minimum atomic E-state index is -4.32. The molecular weight excluding hydrogens is 297 g/mol. The zero-order valence-corrected chi connectivity index (χ0v) is 13.9. The Kier molecular flexibility index (Phi) is 6.58. The van der Waals surface area contributed by atoms with Gasteiger partial charge in [0.1, 0.15) is 0 Å². The second-order valence-corrected chi connectivity index (χ2v) is 7.49. The first-order chi connectivity index (χ1) is 10.4. The van der Waals surface area contributed by atoms with Gasteiger partial charge in [-0.2, -0.15) is 0 Å². The van der Waals surface area contributed by atoms with Gasteiger partial charge in [0.2, 0.25) is 0 Å². The molecule has 0 amide bonds. The van der Waals surface area contributed by atoms with Crippen molar-refractivity contribution in [2.24, 2.45) is 11.8 Å². The molecule has 22 heavy (non-hydrogen) atoms. The third kappa shape index (κ3) is 5.42. The van der Waals surface area contributed by atoms with E-state index in [1.807, 2.05) is 31.2 Å². The number of phosphoric ester groups is 1. The maximum Gasteiger partial charge on any atom is 0.268 e. The van der Waals surface area contributed by atoms with E-state index in [0.717, 1.165) is 19.3 Å². The summed E-state index contributed by atoms with van der Waals surface area (Å²) in [7, 11) is 7.28. The predicted molar refractivity (Wildman–Crippen MR) is 86.8 cm³/mol. The Balaban J connectivity index is 1.86. The molecule has 0 aliphatic heterocycles. The largest absolute Gasteiger partial charge is 0.756 e. The Hall–Kier alpha value is -0.280. The molecule has 6 unspecified atom stereocenters. The topological polar surface area (TPSA) is 58.6 Å². The molecule has 4 nitrogen and oxygen atoms in total. The molecule has 0 saturated heterocycles.